The zero-order valence-corrected chi connectivity index (χ0v) is 11.6. The quantitative estimate of drug-likeness (QED) is 0.883. The molecule has 0 saturated heterocycles. The van der Waals surface area contributed by atoms with E-state index in [-0.39, 0.29) is 6.61 Å². The topological polar surface area (TPSA) is 23.5 Å². The molecule has 1 aromatic carbocycles. The molecule has 100 valence electrons. The molecule has 0 bridgehead atoms. The average Bonchev–Trinajstić information content (AvgIpc) is 2.39. The van der Waals surface area contributed by atoms with E-state index >= 15 is 0 Å². The summed E-state index contributed by atoms with van der Waals surface area (Å²) in [4.78, 5) is 2.41. The highest BCUT2D eigenvalue weighted by atomic mass is 35.5. The lowest BCUT2D eigenvalue weighted by atomic mass is 9.94. The standard InChI is InChI=1S/C15H22ClNO/c16-14-6-4-5-13(11-14)12-17(9-10-18)15-7-2-1-3-8-15/h4-6,11,15,18H,1-3,7-10,12H2. The van der Waals surface area contributed by atoms with E-state index in [1.807, 2.05) is 18.2 Å². The van der Waals surface area contributed by atoms with Crippen molar-refractivity contribution in [2.45, 2.75) is 44.7 Å². The number of halogens is 1. The van der Waals surface area contributed by atoms with Gasteiger partial charge in [0.25, 0.3) is 0 Å². The van der Waals surface area contributed by atoms with Gasteiger partial charge in [0.2, 0.25) is 0 Å². The van der Waals surface area contributed by atoms with E-state index in [9.17, 15) is 5.11 Å². The summed E-state index contributed by atoms with van der Waals surface area (Å²) >= 11 is 6.02. The molecule has 0 heterocycles. The Morgan fingerprint density at radius 2 is 2.00 bits per heavy atom. The van der Waals surface area contributed by atoms with Crippen molar-refractivity contribution >= 4 is 11.6 Å². The molecule has 0 amide bonds. The lowest BCUT2D eigenvalue weighted by Gasteiger charge is -2.34. The van der Waals surface area contributed by atoms with Crippen LogP contribution < -0.4 is 0 Å². The van der Waals surface area contributed by atoms with Crippen LogP contribution >= 0.6 is 11.6 Å². The molecule has 1 aromatic rings. The molecule has 0 spiro atoms. The Morgan fingerprint density at radius 1 is 1.22 bits per heavy atom. The van der Waals surface area contributed by atoms with Crippen LogP contribution in [0.5, 0.6) is 0 Å². The summed E-state index contributed by atoms with van der Waals surface area (Å²) in [5.41, 5.74) is 1.24. The van der Waals surface area contributed by atoms with Gasteiger partial charge in [-0.15, -0.1) is 0 Å². The molecule has 18 heavy (non-hydrogen) atoms. The highest BCUT2D eigenvalue weighted by Gasteiger charge is 2.20. The summed E-state index contributed by atoms with van der Waals surface area (Å²) in [6.07, 6.45) is 6.53. The molecule has 1 N–H and O–H groups in total. The van der Waals surface area contributed by atoms with Crippen LogP contribution in [0.1, 0.15) is 37.7 Å². The molecule has 3 heteroatoms. The molecule has 0 atom stereocenters. The van der Waals surface area contributed by atoms with Gasteiger partial charge in [0, 0.05) is 24.2 Å². The van der Waals surface area contributed by atoms with E-state index in [2.05, 4.69) is 11.0 Å². The van der Waals surface area contributed by atoms with Crippen molar-refractivity contribution in [3.8, 4) is 0 Å². The van der Waals surface area contributed by atoms with Gasteiger partial charge in [0.05, 0.1) is 6.61 Å². The van der Waals surface area contributed by atoms with Crippen molar-refractivity contribution in [3.05, 3.63) is 34.9 Å². The van der Waals surface area contributed by atoms with Crippen LogP contribution in [0.3, 0.4) is 0 Å². The van der Waals surface area contributed by atoms with Gasteiger partial charge in [-0.05, 0) is 30.5 Å². The summed E-state index contributed by atoms with van der Waals surface area (Å²) in [5, 5.41) is 10.0. The number of aliphatic hydroxyl groups excluding tert-OH is 1. The van der Waals surface area contributed by atoms with Crippen molar-refractivity contribution in [3.63, 3.8) is 0 Å². The molecular weight excluding hydrogens is 246 g/mol. The Balaban J connectivity index is 2.00. The van der Waals surface area contributed by atoms with Crippen molar-refractivity contribution < 1.29 is 5.11 Å². The summed E-state index contributed by atoms with van der Waals surface area (Å²) < 4.78 is 0. The minimum atomic E-state index is 0.233. The van der Waals surface area contributed by atoms with Gasteiger partial charge >= 0.3 is 0 Å². The van der Waals surface area contributed by atoms with Gasteiger partial charge in [-0.1, -0.05) is 43.0 Å². The van der Waals surface area contributed by atoms with Crippen LogP contribution in [0.25, 0.3) is 0 Å². The minimum Gasteiger partial charge on any atom is -0.395 e. The second kappa shape index (κ2) is 7.13. The number of rotatable bonds is 5. The highest BCUT2D eigenvalue weighted by molar-refractivity contribution is 6.30. The normalized spacial score (nSPS) is 17.3. The van der Waals surface area contributed by atoms with E-state index in [4.69, 9.17) is 11.6 Å². The largest absolute Gasteiger partial charge is 0.395 e. The first kappa shape index (κ1) is 13.9. The first-order chi connectivity index (χ1) is 8.79. The fraction of sp³-hybridized carbons (Fsp3) is 0.600. The molecule has 1 aliphatic carbocycles. The average molecular weight is 268 g/mol. The second-order valence-corrected chi connectivity index (χ2v) is 5.55. The van der Waals surface area contributed by atoms with Gasteiger partial charge in [-0.25, -0.2) is 0 Å². The van der Waals surface area contributed by atoms with Crippen molar-refractivity contribution in [1.29, 1.82) is 0 Å². The molecule has 1 saturated carbocycles. The third kappa shape index (κ3) is 3.98. The molecule has 0 unspecified atom stereocenters. The van der Waals surface area contributed by atoms with Crippen LogP contribution in [-0.4, -0.2) is 29.2 Å². The molecule has 0 aliphatic heterocycles. The molecule has 1 fully saturated rings. The SMILES string of the molecule is OCCN(Cc1cccc(Cl)c1)C1CCCCC1. The van der Waals surface area contributed by atoms with Crippen molar-refractivity contribution in [1.82, 2.24) is 4.90 Å². The summed E-state index contributed by atoms with van der Waals surface area (Å²) in [6.45, 7) is 1.89. The van der Waals surface area contributed by atoms with Crippen LogP contribution in [0.2, 0.25) is 5.02 Å². The van der Waals surface area contributed by atoms with E-state index in [1.54, 1.807) is 0 Å². The zero-order valence-electron chi connectivity index (χ0n) is 10.8. The smallest absolute Gasteiger partial charge is 0.0558 e. The Kier molecular flexibility index (Phi) is 5.48. The van der Waals surface area contributed by atoms with Crippen LogP contribution in [-0.2, 0) is 6.54 Å². The Morgan fingerprint density at radius 3 is 2.67 bits per heavy atom. The molecule has 2 rings (SSSR count). The number of hydrogen-bond donors (Lipinski definition) is 1. The van der Waals surface area contributed by atoms with Gasteiger partial charge in [0.1, 0.15) is 0 Å². The van der Waals surface area contributed by atoms with Gasteiger partial charge in [0.15, 0.2) is 0 Å². The predicted octanol–water partition coefficient (Wildman–Crippen LogP) is 3.47. The van der Waals surface area contributed by atoms with Crippen LogP contribution in [0.4, 0.5) is 0 Å². The first-order valence-corrected chi connectivity index (χ1v) is 7.27. The Bertz CT molecular complexity index is 363. The van der Waals surface area contributed by atoms with E-state index in [1.165, 1.54) is 37.7 Å². The zero-order chi connectivity index (χ0) is 12.8. The predicted molar refractivity (Wildman–Crippen MR) is 75.8 cm³/mol. The Hall–Kier alpha value is -0.570. The third-order valence-electron chi connectivity index (χ3n) is 3.75. The van der Waals surface area contributed by atoms with Crippen molar-refractivity contribution in [2.24, 2.45) is 0 Å². The highest BCUT2D eigenvalue weighted by Crippen LogP contribution is 2.24. The van der Waals surface area contributed by atoms with Crippen LogP contribution in [0, 0.1) is 0 Å². The number of benzene rings is 1. The van der Waals surface area contributed by atoms with Crippen molar-refractivity contribution in [2.75, 3.05) is 13.2 Å². The fourth-order valence-electron chi connectivity index (χ4n) is 2.84. The Labute approximate surface area is 115 Å². The molecule has 2 nitrogen and oxygen atoms in total. The molecule has 0 aromatic heterocycles. The maximum absolute atomic E-state index is 9.23. The first-order valence-electron chi connectivity index (χ1n) is 6.89. The van der Waals surface area contributed by atoms with Gasteiger partial charge in [-0.3, -0.25) is 4.90 Å². The molecule has 0 radical (unpaired) electrons. The van der Waals surface area contributed by atoms with E-state index < -0.39 is 0 Å². The third-order valence-corrected chi connectivity index (χ3v) is 3.99. The van der Waals surface area contributed by atoms with Gasteiger partial charge in [-0.2, -0.15) is 0 Å². The van der Waals surface area contributed by atoms with Gasteiger partial charge < -0.3 is 5.11 Å². The molecule has 1 aliphatic rings. The maximum atomic E-state index is 9.23. The second-order valence-electron chi connectivity index (χ2n) is 5.12. The lowest BCUT2D eigenvalue weighted by molar-refractivity contribution is 0.117. The summed E-state index contributed by atoms with van der Waals surface area (Å²) in [5.74, 6) is 0. The number of nitrogens with zero attached hydrogens (tertiary/aromatic N) is 1. The lowest BCUT2D eigenvalue weighted by Crippen LogP contribution is -2.38. The summed E-state index contributed by atoms with van der Waals surface area (Å²) in [6, 6.07) is 8.66. The number of aliphatic hydroxyl groups is 1. The van der Waals surface area contributed by atoms with E-state index in [0.717, 1.165) is 18.1 Å². The monoisotopic (exact) mass is 267 g/mol. The minimum absolute atomic E-state index is 0.233. The van der Waals surface area contributed by atoms with E-state index in [0.29, 0.717) is 6.04 Å². The fourth-order valence-corrected chi connectivity index (χ4v) is 3.05. The maximum Gasteiger partial charge on any atom is 0.0558 e. The summed E-state index contributed by atoms with van der Waals surface area (Å²) in [7, 11) is 0. The van der Waals surface area contributed by atoms with Crippen LogP contribution in [0.15, 0.2) is 24.3 Å². The number of hydrogen-bond acceptors (Lipinski definition) is 2. The molecular formula is C15H22ClNO.